The zero-order valence-electron chi connectivity index (χ0n) is 17.1. The lowest BCUT2D eigenvalue weighted by molar-refractivity contribution is 0.102. The second kappa shape index (κ2) is 9.00. The van der Waals surface area contributed by atoms with Gasteiger partial charge < -0.3 is 10.1 Å². The van der Waals surface area contributed by atoms with Gasteiger partial charge in [0, 0.05) is 24.4 Å². The zero-order valence-corrected chi connectivity index (χ0v) is 17.9. The van der Waals surface area contributed by atoms with Crippen molar-refractivity contribution in [2.24, 2.45) is 0 Å². The van der Waals surface area contributed by atoms with E-state index in [0.29, 0.717) is 22.7 Å². The molecule has 3 rings (SSSR count). The molecule has 0 aliphatic carbocycles. The van der Waals surface area contributed by atoms with E-state index in [9.17, 15) is 13.2 Å². The van der Waals surface area contributed by atoms with Crippen molar-refractivity contribution in [1.82, 2.24) is 0 Å². The van der Waals surface area contributed by atoms with Gasteiger partial charge in [-0.15, -0.1) is 0 Å². The normalized spacial score (nSPS) is 11.2. The molecule has 0 saturated heterocycles. The minimum absolute atomic E-state index is 0.0229. The third-order valence-electron chi connectivity index (χ3n) is 4.34. The van der Waals surface area contributed by atoms with Crippen LogP contribution in [-0.4, -0.2) is 27.5 Å². The van der Waals surface area contributed by atoms with Gasteiger partial charge in [0.25, 0.3) is 15.9 Å². The van der Waals surface area contributed by atoms with E-state index in [-0.39, 0.29) is 16.9 Å². The molecule has 7 heteroatoms. The van der Waals surface area contributed by atoms with Crippen LogP contribution in [0.5, 0.6) is 5.75 Å². The van der Waals surface area contributed by atoms with E-state index in [0.717, 1.165) is 4.31 Å². The molecule has 0 unspecified atom stereocenters. The maximum Gasteiger partial charge on any atom is 0.264 e. The summed E-state index contributed by atoms with van der Waals surface area (Å²) in [5.74, 6) is 0.314. The second-order valence-corrected chi connectivity index (χ2v) is 8.95. The third-order valence-corrected chi connectivity index (χ3v) is 6.14. The van der Waals surface area contributed by atoms with Crippen LogP contribution in [0.25, 0.3) is 0 Å². The monoisotopic (exact) mass is 424 g/mol. The molecular weight excluding hydrogens is 400 g/mol. The van der Waals surface area contributed by atoms with Gasteiger partial charge in [0.15, 0.2) is 0 Å². The largest absolute Gasteiger partial charge is 0.491 e. The molecule has 30 heavy (non-hydrogen) atoms. The van der Waals surface area contributed by atoms with Crippen LogP contribution in [-0.2, 0) is 10.0 Å². The first-order valence-electron chi connectivity index (χ1n) is 9.49. The van der Waals surface area contributed by atoms with E-state index in [4.69, 9.17) is 4.74 Å². The molecule has 0 bridgehead atoms. The van der Waals surface area contributed by atoms with Crippen molar-refractivity contribution >= 4 is 27.3 Å². The van der Waals surface area contributed by atoms with Crippen LogP contribution in [0.1, 0.15) is 24.2 Å². The van der Waals surface area contributed by atoms with E-state index >= 15 is 0 Å². The first kappa shape index (κ1) is 21.4. The standard InChI is InChI=1S/C23H24N2O4S/c1-17(2)29-21-12-8-10-19(16-21)24-23(26)18-9-7-11-20(15-18)25(3)30(27,28)22-13-5-4-6-14-22/h4-17H,1-3H3,(H,24,26). The summed E-state index contributed by atoms with van der Waals surface area (Å²) in [5, 5.41) is 2.82. The fraction of sp³-hybridized carbons (Fsp3) is 0.174. The molecule has 0 atom stereocenters. The number of amides is 1. The Hall–Kier alpha value is -3.32. The van der Waals surface area contributed by atoms with Gasteiger partial charge in [-0.25, -0.2) is 8.42 Å². The molecule has 0 saturated carbocycles. The van der Waals surface area contributed by atoms with Crippen molar-refractivity contribution in [1.29, 1.82) is 0 Å². The van der Waals surface area contributed by atoms with E-state index in [1.165, 1.54) is 19.2 Å². The lowest BCUT2D eigenvalue weighted by Gasteiger charge is -2.20. The molecule has 3 aromatic rings. The Balaban J connectivity index is 1.81. The number of nitrogens with zero attached hydrogens (tertiary/aromatic N) is 1. The molecule has 0 aliphatic rings. The van der Waals surface area contributed by atoms with Crippen LogP contribution >= 0.6 is 0 Å². The molecule has 0 fully saturated rings. The first-order valence-corrected chi connectivity index (χ1v) is 10.9. The Morgan fingerprint density at radius 2 is 1.63 bits per heavy atom. The topological polar surface area (TPSA) is 75.7 Å². The van der Waals surface area contributed by atoms with Crippen LogP contribution in [0, 0.1) is 0 Å². The number of sulfonamides is 1. The predicted octanol–water partition coefficient (Wildman–Crippen LogP) is 4.55. The van der Waals surface area contributed by atoms with Crippen molar-refractivity contribution < 1.29 is 17.9 Å². The highest BCUT2D eigenvalue weighted by molar-refractivity contribution is 7.92. The Morgan fingerprint density at radius 3 is 2.33 bits per heavy atom. The Morgan fingerprint density at radius 1 is 0.933 bits per heavy atom. The van der Waals surface area contributed by atoms with Gasteiger partial charge in [-0.1, -0.05) is 30.3 Å². The van der Waals surface area contributed by atoms with E-state index in [1.54, 1.807) is 60.7 Å². The zero-order chi connectivity index (χ0) is 21.7. The first-order chi connectivity index (χ1) is 14.3. The number of ether oxygens (including phenoxy) is 1. The maximum atomic E-state index is 12.8. The number of carbonyl (C=O) groups is 1. The van der Waals surface area contributed by atoms with Crippen LogP contribution in [0.3, 0.4) is 0 Å². The Labute approximate surface area is 177 Å². The summed E-state index contributed by atoms with van der Waals surface area (Å²) in [5.41, 5.74) is 1.33. The molecule has 3 aromatic carbocycles. The minimum Gasteiger partial charge on any atom is -0.491 e. The van der Waals surface area contributed by atoms with Crippen molar-refractivity contribution in [3.05, 3.63) is 84.4 Å². The summed E-state index contributed by atoms with van der Waals surface area (Å²) < 4.78 is 32.5. The van der Waals surface area contributed by atoms with Gasteiger partial charge in [0.05, 0.1) is 16.7 Å². The SMILES string of the molecule is CC(C)Oc1cccc(NC(=O)c2cccc(N(C)S(=O)(=O)c3ccccc3)c2)c1. The fourth-order valence-electron chi connectivity index (χ4n) is 2.85. The van der Waals surface area contributed by atoms with Crippen molar-refractivity contribution in [2.45, 2.75) is 24.8 Å². The molecule has 156 valence electrons. The number of anilines is 2. The van der Waals surface area contributed by atoms with Crippen LogP contribution in [0.2, 0.25) is 0 Å². The minimum atomic E-state index is -3.73. The van der Waals surface area contributed by atoms with Crippen LogP contribution in [0.4, 0.5) is 11.4 Å². The highest BCUT2D eigenvalue weighted by atomic mass is 32.2. The number of carbonyl (C=O) groups excluding carboxylic acids is 1. The number of rotatable bonds is 7. The number of nitrogens with one attached hydrogen (secondary N) is 1. The molecule has 0 spiro atoms. The smallest absolute Gasteiger partial charge is 0.264 e. The maximum absolute atomic E-state index is 12.8. The van der Waals surface area contributed by atoms with Gasteiger partial charge in [-0.2, -0.15) is 0 Å². The van der Waals surface area contributed by atoms with Gasteiger partial charge in [-0.3, -0.25) is 9.10 Å². The Bertz CT molecular complexity index is 1130. The molecule has 6 nitrogen and oxygen atoms in total. The van der Waals surface area contributed by atoms with Crippen molar-refractivity contribution in [2.75, 3.05) is 16.7 Å². The number of hydrogen-bond acceptors (Lipinski definition) is 4. The summed E-state index contributed by atoms with van der Waals surface area (Å²) in [4.78, 5) is 12.9. The predicted molar refractivity (Wildman–Crippen MR) is 119 cm³/mol. The summed E-state index contributed by atoms with van der Waals surface area (Å²) in [6.45, 7) is 3.85. The molecule has 1 N–H and O–H groups in total. The van der Waals surface area contributed by atoms with Gasteiger partial charge in [0.2, 0.25) is 0 Å². The van der Waals surface area contributed by atoms with Gasteiger partial charge >= 0.3 is 0 Å². The summed E-state index contributed by atoms with van der Waals surface area (Å²) in [6.07, 6.45) is 0.0229. The molecule has 0 heterocycles. The quantitative estimate of drug-likeness (QED) is 0.604. The van der Waals surface area contributed by atoms with Gasteiger partial charge in [0.1, 0.15) is 5.75 Å². The molecule has 0 aromatic heterocycles. The molecular formula is C23H24N2O4S. The Kier molecular flexibility index (Phi) is 6.42. The highest BCUT2D eigenvalue weighted by Gasteiger charge is 2.21. The van der Waals surface area contributed by atoms with Crippen LogP contribution in [0.15, 0.2) is 83.8 Å². The summed E-state index contributed by atoms with van der Waals surface area (Å²) in [7, 11) is -2.26. The molecule has 1 amide bonds. The summed E-state index contributed by atoms with van der Waals surface area (Å²) in [6, 6.07) is 21.8. The van der Waals surface area contributed by atoms with E-state index < -0.39 is 10.0 Å². The van der Waals surface area contributed by atoms with Gasteiger partial charge in [-0.05, 0) is 56.3 Å². The number of benzene rings is 3. The average molecular weight is 425 g/mol. The van der Waals surface area contributed by atoms with E-state index in [2.05, 4.69) is 5.32 Å². The second-order valence-electron chi connectivity index (χ2n) is 6.98. The van der Waals surface area contributed by atoms with E-state index in [1.807, 2.05) is 19.9 Å². The lowest BCUT2D eigenvalue weighted by Crippen LogP contribution is -2.26. The van der Waals surface area contributed by atoms with Crippen molar-refractivity contribution in [3.8, 4) is 5.75 Å². The van der Waals surface area contributed by atoms with Crippen molar-refractivity contribution in [3.63, 3.8) is 0 Å². The lowest BCUT2D eigenvalue weighted by atomic mass is 10.2. The third kappa shape index (κ3) is 4.99. The molecule has 0 radical (unpaired) electrons. The van der Waals surface area contributed by atoms with Crippen LogP contribution < -0.4 is 14.4 Å². The number of hydrogen-bond donors (Lipinski definition) is 1. The average Bonchev–Trinajstić information content (AvgIpc) is 2.73. The summed E-state index contributed by atoms with van der Waals surface area (Å²) >= 11 is 0. The fourth-order valence-corrected chi connectivity index (χ4v) is 4.06. The highest BCUT2D eigenvalue weighted by Crippen LogP contribution is 2.24. The molecule has 0 aliphatic heterocycles.